The van der Waals surface area contributed by atoms with Gasteiger partial charge in [-0.15, -0.1) is 0 Å². The first-order valence-electron chi connectivity index (χ1n) is 6.19. The minimum atomic E-state index is 0.876. The highest BCUT2D eigenvalue weighted by molar-refractivity contribution is 9.10. The minimum absolute atomic E-state index is 0.876. The standard InChI is InChI=1S/C14H15BrN2O/c1-18-11-6-4-5-10(9-11)13-12-7-2-3-8-17(12)14(15)16-13/h4-6,9H,2-3,7-8H2,1H3. The monoisotopic (exact) mass is 306 g/mol. The molecule has 3 nitrogen and oxygen atoms in total. The molecule has 1 aliphatic rings. The van der Waals surface area contributed by atoms with Crippen LogP contribution in [0.15, 0.2) is 29.0 Å². The molecule has 0 fully saturated rings. The van der Waals surface area contributed by atoms with Crippen molar-refractivity contribution in [2.75, 3.05) is 7.11 Å². The highest BCUT2D eigenvalue weighted by atomic mass is 79.9. The van der Waals surface area contributed by atoms with E-state index in [1.807, 2.05) is 18.2 Å². The maximum Gasteiger partial charge on any atom is 0.177 e. The second-order valence-electron chi connectivity index (χ2n) is 4.52. The van der Waals surface area contributed by atoms with Crippen LogP contribution in [0.2, 0.25) is 0 Å². The summed E-state index contributed by atoms with van der Waals surface area (Å²) in [5.74, 6) is 0.876. The number of halogens is 1. The van der Waals surface area contributed by atoms with E-state index in [0.717, 1.165) is 34.7 Å². The minimum Gasteiger partial charge on any atom is -0.497 e. The van der Waals surface area contributed by atoms with Gasteiger partial charge >= 0.3 is 0 Å². The van der Waals surface area contributed by atoms with Gasteiger partial charge < -0.3 is 9.30 Å². The summed E-state index contributed by atoms with van der Waals surface area (Å²) >= 11 is 3.56. The molecule has 0 radical (unpaired) electrons. The molecule has 0 N–H and O–H groups in total. The average Bonchev–Trinajstić information content (AvgIpc) is 2.77. The van der Waals surface area contributed by atoms with Crippen molar-refractivity contribution in [1.29, 1.82) is 0 Å². The van der Waals surface area contributed by atoms with Crippen LogP contribution in [0.5, 0.6) is 5.75 Å². The van der Waals surface area contributed by atoms with Gasteiger partial charge in [-0.05, 0) is 47.3 Å². The predicted octanol–water partition coefficient (Wildman–Crippen LogP) is 3.66. The van der Waals surface area contributed by atoms with Gasteiger partial charge in [-0.2, -0.15) is 0 Å². The molecule has 1 aromatic carbocycles. The number of nitrogens with zero attached hydrogens (tertiary/aromatic N) is 2. The lowest BCUT2D eigenvalue weighted by Gasteiger charge is -2.16. The summed E-state index contributed by atoms with van der Waals surface area (Å²) in [6.45, 7) is 1.06. The maximum absolute atomic E-state index is 5.28. The van der Waals surface area contributed by atoms with Gasteiger partial charge in [0.2, 0.25) is 0 Å². The Labute approximate surface area is 115 Å². The molecule has 2 heterocycles. The molecular formula is C14H15BrN2O. The number of hydrogen-bond donors (Lipinski definition) is 0. The van der Waals surface area contributed by atoms with Crippen molar-refractivity contribution in [3.8, 4) is 17.0 Å². The molecule has 0 amide bonds. The van der Waals surface area contributed by atoms with Crippen molar-refractivity contribution in [2.24, 2.45) is 0 Å². The summed E-state index contributed by atoms with van der Waals surface area (Å²) in [4.78, 5) is 4.66. The number of benzene rings is 1. The maximum atomic E-state index is 5.28. The van der Waals surface area contributed by atoms with E-state index in [0.29, 0.717) is 0 Å². The second kappa shape index (κ2) is 4.76. The molecule has 0 unspecified atom stereocenters. The van der Waals surface area contributed by atoms with E-state index in [4.69, 9.17) is 4.74 Å². The van der Waals surface area contributed by atoms with Crippen LogP contribution >= 0.6 is 15.9 Å². The van der Waals surface area contributed by atoms with Crippen LogP contribution in [0.3, 0.4) is 0 Å². The second-order valence-corrected chi connectivity index (χ2v) is 5.23. The first-order chi connectivity index (χ1) is 8.79. The fourth-order valence-corrected chi connectivity index (χ4v) is 3.07. The van der Waals surface area contributed by atoms with Crippen molar-refractivity contribution >= 4 is 15.9 Å². The van der Waals surface area contributed by atoms with E-state index >= 15 is 0 Å². The Morgan fingerprint density at radius 2 is 2.22 bits per heavy atom. The summed E-state index contributed by atoms with van der Waals surface area (Å²) in [5, 5.41) is 0. The van der Waals surface area contributed by atoms with Gasteiger partial charge in [0.05, 0.1) is 12.8 Å². The van der Waals surface area contributed by atoms with Gasteiger partial charge in [0.1, 0.15) is 5.75 Å². The molecule has 18 heavy (non-hydrogen) atoms. The van der Waals surface area contributed by atoms with E-state index in [1.54, 1.807) is 7.11 Å². The Bertz CT molecular complexity index is 577. The average molecular weight is 307 g/mol. The Balaban J connectivity index is 2.11. The number of fused-ring (bicyclic) bond motifs is 1. The molecule has 1 aromatic heterocycles. The summed E-state index contributed by atoms with van der Waals surface area (Å²) in [5.41, 5.74) is 3.55. The normalized spacial score (nSPS) is 14.3. The topological polar surface area (TPSA) is 27.1 Å². The number of aromatic nitrogens is 2. The zero-order chi connectivity index (χ0) is 12.5. The van der Waals surface area contributed by atoms with E-state index in [1.165, 1.54) is 18.5 Å². The lowest BCUT2D eigenvalue weighted by molar-refractivity contribution is 0.415. The quantitative estimate of drug-likeness (QED) is 0.846. The fraction of sp³-hybridized carbons (Fsp3) is 0.357. The molecule has 0 spiro atoms. The Kier molecular flexibility index (Phi) is 3.12. The molecule has 1 aliphatic heterocycles. The molecule has 2 aromatic rings. The highest BCUT2D eigenvalue weighted by Crippen LogP contribution is 2.32. The lowest BCUT2D eigenvalue weighted by atomic mass is 10.0. The van der Waals surface area contributed by atoms with E-state index in [-0.39, 0.29) is 0 Å². The fourth-order valence-electron chi connectivity index (χ4n) is 2.50. The number of ether oxygens (including phenoxy) is 1. The number of methoxy groups -OCH3 is 1. The zero-order valence-electron chi connectivity index (χ0n) is 10.3. The van der Waals surface area contributed by atoms with Crippen LogP contribution in [0, 0.1) is 0 Å². The molecule has 4 heteroatoms. The van der Waals surface area contributed by atoms with Crippen molar-refractivity contribution < 1.29 is 4.74 Å². The van der Waals surface area contributed by atoms with Gasteiger partial charge in [-0.1, -0.05) is 12.1 Å². The van der Waals surface area contributed by atoms with Gasteiger partial charge in [-0.3, -0.25) is 0 Å². The van der Waals surface area contributed by atoms with Gasteiger partial charge in [0.25, 0.3) is 0 Å². The van der Waals surface area contributed by atoms with Gasteiger partial charge in [-0.25, -0.2) is 4.98 Å². The third-order valence-electron chi connectivity index (χ3n) is 3.41. The summed E-state index contributed by atoms with van der Waals surface area (Å²) in [6.07, 6.45) is 3.58. The van der Waals surface area contributed by atoms with E-state index < -0.39 is 0 Å². The van der Waals surface area contributed by atoms with Gasteiger partial charge in [0.15, 0.2) is 4.73 Å². The van der Waals surface area contributed by atoms with Crippen molar-refractivity contribution in [3.63, 3.8) is 0 Å². The Morgan fingerprint density at radius 1 is 1.33 bits per heavy atom. The van der Waals surface area contributed by atoms with Gasteiger partial charge in [0, 0.05) is 17.8 Å². The molecule has 0 atom stereocenters. The van der Waals surface area contributed by atoms with E-state index in [9.17, 15) is 0 Å². The first kappa shape index (κ1) is 11.8. The summed E-state index contributed by atoms with van der Waals surface area (Å²) in [7, 11) is 1.69. The Hall–Kier alpha value is -1.29. The molecule has 0 saturated carbocycles. The molecule has 94 valence electrons. The highest BCUT2D eigenvalue weighted by Gasteiger charge is 2.19. The van der Waals surface area contributed by atoms with Crippen LogP contribution in [0.1, 0.15) is 18.5 Å². The van der Waals surface area contributed by atoms with Crippen molar-refractivity contribution in [2.45, 2.75) is 25.8 Å². The van der Waals surface area contributed by atoms with Crippen LogP contribution in [-0.2, 0) is 13.0 Å². The Morgan fingerprint density at radius 3 is 3.06 bits per heavy atom. The van der Waals surface area contributed by atoms with Crippen LogP contribution in [0.4, 0.5) is 0 Å². The first-order valence-corrected chi connectivity index (χ1v) is 6.98. The third kappa shape index (κ3) is 1.94. The zero-order valence-corrected chi connectivity index (χ0v) is 11.9. The molecule has 0 saturated heterocycles. The number of hydrogen-bond acceptors (Lipinski definition) is 2. The molecule has 0 bridgehead atoms. The molecule has 0 aliphatic carbocycles. The number of rotatable bonds is 2. The van der Waals surface area contributed by atoms with Crippen molar-refractivity contribution in [3.05, 3.63) is 34.7 Å². The SMILES string of the molecule is COc1cccc(-c2nc(Br)n3c2CCCC3)c1. The number of imidazole rings is 1. The van der Waals surface area contributed by atoms with Crippen LogP contribution < -0.4 is 4.74 Å². The van der Waals surface area contributed by atoms with Crippen LogP contribution in [0.25, 0.3) is 11.3 Å². The summed E-state index contributed by atoms with van der Waals surface area (Å²) in [6, 6.07) is 8.11. The molecule has 3 rings (SSSR count). The molecular weight excluding hydrogens is 292 g/mol. The van der Waals surface area contributed by atoms with Crippen molar-refractivity contribution in [1.82, 2.24) is 9.55 Å². The predicted molar refractivity (Wildman–Crippen MR) is 74.9 cm³/mol. The van der Waals surface area contributed by atoms with Crippen LogP contribution in [-0.4, -0.2) is 16.7 Å². The third-order valence-corrected chi connectivity index (χ3v) is 4.02. The largest absolute Gasteiger partial charge is 0.497 e. The summed E-state index contributed by atoms with van der Waals surface area (Å²) < 4.78 is 8.50. The lowest BCUT2D eigenvalue weighted by Crippen LogP contribution is -2.10. The smallest absolute Gasteiger partial charge is 0.177 e. The van der Waals surface area contributed by atoms with E-state index in [2.05, 4.69) is 31.5 Å².